The van der Waals surface area contributed by atoms with Gasteiger partial charge in [-0.1, -0.05) is 36.4 Å². The lowest BCUT2D eigenvalue weighted by molar-refractivity contribution is 0.0949. The Hall–Kier alpha value is -2.16. The zero-order chi connectivity index (χ0) is 13.0. The summed E-state index contributed by atoms with van der Waals surface area (Å²) in [5.74, 6) is -0.288. The molecule has 0 fully saturated rings. The van der Waals surface area contributed by atoms with E-state index in [4.69, 9.17) is 0 Å². The number of nitrogens with one attached hydrogen (secondary N) is 1. The summed E-state index contributed by atoms with van der Waals surface area (Å²) in [6.45, 7) is 0. The van der Waals surface area contributed by atoms with Crippen molar-refractivity contribution in [2.24, 2.45) is 0 Å². The SMILES string of the molecule is CNC(=O)c1ccccc1C(=O)C1=CC=CCC1. The van der Waals surface area contributed by atoms with Gasteiger partial charge in [-0.15, -0.1) is 0 Å². The van der Waals surface area contributed by atoms with Gasteiger partial charge in [0.2, 0.25) is 0 Å². The molecule has 1 aliphatic carbocycles. The van der Waals surface area contributed by atoms with Crippen molar-refractivity contribution >= 4 is 11.7 Å². The first-order chi connectivity index (χ1) is 8.74. The van der Waals surface area contributed by atoms with Gasteiger partial charge in [0.1, 0.15) is 0 Å². The van der Waals surface area contributed by atoms with Gasteiger partial charge >= 0.3 is 0 Å². The Morgan fingerprint density at radius 3 is 2.50 bits per heavy atom. The molecule has 2 rings (SSSR count). The van der Waals surface area contributed by atoms with Gasteiger partial charge in [0.15, 0.2) is 5.78 Å². The number of Topliss-reactive ketones (excluding diaryl/α,β-unsaturated/α-hetero) is 1. The van der Waals surface area contributed by atoms with Gasteiger partial charge < -0.3 is 5.32 Å². The minimum absolute atomic E-state index is 0.0569. The molecule has 18 heavy (non-hydrogen) atoms. The van der Waals surface area contributed by atoms with Gasteiger partial charge in [-0.25, -0.2) is 0 Å². The van der Waals surface area contributed by atoms with E-state index in [1.165, 1.54) is 0 Å². The number of carbonyl (C=O) groups is 2. The largest absolute Gasteiger partial charge is 0.355 e. The molecule has 3 nitrogen and oxygen atoms in total. The van der Waals surface area contributed by atoms with Crippen molar-refractivity contribution in [3.05, 3.63) is 59.2 Å². The quantitative estimate of drug-likeness (QED) is 0.826. The molecular weight excluding hydrogens is 226 g/mol. The average molecular weight is 241 g/mol. The Morgan fingerprint density at radius 2 is 1.89 bits per heavy atom. The fraction of sp³-hybridized carbons (Fsp3) is 0.200. The van der Waals surface area contributed by atoms with Crippen molar-refractivity contribution < 1.29 is 9.59 Å². The van der Waals surface area contributed by atoms with Gasteiger partial charge in [0.25, 0.3) is 5.91 Å². The molecule has 0 aliphatic heterocycles. The second kappa shape index (κ2) is 5.45. The Morgan fingerprint density at radius 1 is 1.17 bits per heavy atom. The lowest BCUT2D eigenvalue weighted by Gasteiger charge is -2.11. The molecule has 1 aromatic carbocycles. The van der Waals surface area contributed by atoms with Crippen LogP contribution in [0.5, 0.6) is 0 Å². The Balaban J connectivity index is 2.39. The van der Waals surface area contributed by atoms with E-state index >= 15 is 0 Å². The second-order valence-corrected chi connectivity index (χ2v) is 4.11. The fourth-order valence-corrected chi connectivity index (χ4v) is 1.98. The number of allylic oxidation sites excluding steroid dienone is 4. The van der Waals surface area contributed by atoms with E-state index < -0.39 is 0 Å². The zero-order valence-corrected chi connectivity index (χ0v) is 10.3. The molecule has 3 heteroatoms. The third kappa shape index (κ3) is 2.40. The highest BCUT2D eigenvalue weighted by molar-refractivity contribution is 6.15. The van der Waals surface area contributed by atoms with Crippen molar-refractivity contribution in [2.45, 2.75) is 12.8 Å². The number of carbonyl (C=O) groups excluding carboxylic acids is 2. The highest BCUT2D eigenvalue weighted by Gasteiger charge is 2.18. The van der Waals surface area contributed by atoms with Crippen LogP contribution in [0.4, 0.5) is 0 Å². The van der Waals surface area contributed by atoms with Crippen molar-refractivity contribution in [2.75, 3.05) is 7.05 Å². The van der Waals surface area contributed by atoms with E-state index in [0.717, 1.165) is 18.4 Å². The predicted octanol–water partition coefficient (Wildman–Crippen LogP) is 2.51. The van der Waals surface area contributed by atoms with Crippen LogP contribution in [-0.4, -0.2) is 18.7 Å². The first kappa shape index (κ1) is 12.3. The van der Waals surface area contributed by atoms with Gasteiger partial charge in [0.05, 0.1) is 5.56 Å². The Labute approximate surface area is 106 Å². The molecule has 0 spiro atoms. The number of hydrogen-bond acceptors (Lipinski definition) is 2. The van der Waals surface area contributed by atoms with Crippen LogP contribution in [0.1, 0.15) is 33.6 Å². The summed E-state index contributed by atoms with van der Waals surface area (Å²) in [5.41, 5.74) is 1.66. The summed E-state index contributed by atoms with van der Waals surface area (Å²) in [7, 11) is 1.56. The van der Waals surface area contributed by atoms with E-state index in [-0.39, 0.29) is 11.7 Å². The molecule has 0 bridgehead atoms. The van der Waals surface area contributed by atoms with Crippen LogP contribution >= 0.6 is 0 Å². The minimum atomic E-state index is -0.231. The Kier molecular flexibility index (Phi) is 3.72. The predicted molar refractivity (Wildman–Crippen MR) is 70.6 cm³/mol. The average Bonchev–Trinajstić information content (AvgIpc) is 2.46. The van der Waals surface area contributed by atoms with E-state index in [0.29, 0.717) is 11.1 Å². The molecule has 1 N–H and O–H groups in total. The normalized spacial score (nSPS) is 13.9. The molecule has 0 saturated carbocycles. The van der Waals surface area contributed by atoms with Crippen LogP contribution in [0.25, 0.3) is 0 Å². The highest BCUT2D eigenvalue weighted by atomic mass is 16.2. The monoisotopic (exact) mass is 241 g/mol. The summed E-state index contributed by atoms with van der Waals surface area (Å²) in [6.07, 6.45) is 7.35. The van der Waals surface area contributed by atoms with Crippen LogP contribution in [-0.2, 0) is 0 Å². The molecule has 1 aromatic rings. The fourth-order valence-electron chi connectivity index (χ4n) is 1.98. The van der Waals surface area contributed by atoms with E-state index in [1.807, 2.05) is 18.2 Å². The number of hydrogen-bond donors (Lipinski definition) is 1. The second-order valence-electron chi connectivity index (χ2n) is 4.11. The maximum Gasteiger partial charge on any atom is 0.251 e. The first-order valence-electron chi connectivity index (χ1n) is 5.95. The molecule has 0 radical (unpaired) electrons. The molecule has 0 aromatic heterocycles. The van der Waals surface area contributed by atoms with Crippen molar-refractivity contribution in [3.8, 4) is 0 Å². The summed E-state index contributed by atoms with van der Waals surface area (Å²) in [5, 5.41) is 2.55. The summed E-state index contributed by atoms with van der Waals surface area (Å²) < 4.78 is 0. The molecule has 1 aliphatic rings. The van der Waals surface area contributed by atoms with Crippen molar-refractivity contribution in [3.63, 3.8) is 0 Å². The molecular formula is C15H15NO2. The highest BCUT2D eigenvalue weighted by Crippen LogP contribution is 2.20. The number of amides is 1. The summed E-state index contributed by atoms with van der Waals surface area (Å²) in [4.78, 5) is 24.1. The Bertz CT molecular complexity index is 541. The standard InChI is InChI=1S/C15H15NO2/c1-16-15(18)13-10-6-5-9-12(13)14(17)11-7-3-2-4-8-11/h2-3,5-7,9-10H,4,8H2,1H3,(H,16,18). The molecule has 0 saturated heterocycles. The number of benzene rings is 1. The van der Waals surface area contributed by atoms with Crippen molar-refractivity contribution in [1.29, 1.82) is 0 Å². The molecule has 0 heterocycles. The zero-order valence-electron chi connectivity index (χ0n) is 10.3. The first-order valence-corrected chi connectivity index (χ1v) is 5.95. The maximum absolute atomic E-state index is 12.4. The molecule has 0 atom stereocenters. The topological polar surface area (TPSA) is 46.2 Å². The molecule has 1 amide bonds. The number of rotatable bonds is 3. The number of ketones is 1. The van der Waals surface area contributed by atoms with E-state index in [2.05, 4.69) is 5.32 Å². The van der Waals surface area contributed by atoms with Crippen LogP contribution in [0.15, 0.2) is 48.1 Å². The van der Waals surface area contributed by atoms with Gasteiger partial charge in [-0.05, 0) is 18.9 Å². The summed E-state index contributed by atoms with van der Waals surface area (Å²) >= 11 is 0. The third-order valence-corrected chi connectivity index (χ3v) is 2.95. The summed E-state index contributed by atoms with van der Waals surface area (Å²) in [6, 6.07) is 6.91. The minimum Gasteiger partial charge on any atom is -0.355 e. The maximum atomic E-state index is 12.4. The van der Waals surface area contributed by atoms with Crippen LogP contribution in [0, 0.1) is 0 Å². The van der Waals surface area contributed by atoms with Gasteiger partial charge in [-0.2, -0.15) is 0 Å². The van der Waals surface area contributed by atoms with E-state index in [9.17, 15) is 9.59 Å². The van der Waals surface area contributed by atoms with Gasteiger partial charge in [0, 0.05) is 18.2 Å². The van der Waals surface area contributed by atoms with Crippen molar-refractivity contribution in [1.82, 2.24) is 5.32 Å². The smallest absolute Gasteiger partial charge is 0.251 e. The third-order valence-electron chi connectivity index (χ3n) is 2.95. The van der Waals surface area contributed by atoms with Gasteiger partial charge in [-0.3, -0.25) is 9.59 Å². The van der Waals surface area contributed by atoms with Crippen LogP contribution in [0.2, 0.25) is 0 Å². The van der Waals surface area contributed by atoms with Crippen LogP contribution < -0.4 is 5.32 Å². The lowest BCUT2D eigenvalue weighted by Crippen LogP contribution is -2.21. The van der Waals surface area contributed by atoms with Crippen LogP contribution in [0.3, 0.4) is 0 Å². The molecule has 92 valence electrons. The van der Waals surface area contributed by atoms with E-state index in [1.54, 1.807) is 31.3 Å². The molecule has 0 unspecified atom stereocenters. The lowest BCUT2D eigenvalue weighted by atomic mass is 9.93.